The molecule has 0 aliphatic rings. The molecular formula is C13H7BrF2N2. The van der Waals surface area contributed by atoms with E-state index < -0.39 is 11.6 Å². The smallest absolute Gasteiger partial charge is 0.143 e. The van der Waals surface area contributed by atoms with E-state index in [1.807, 2.05) is 0 Å². The number of hydrogen-bond donors (Lipinski definition) is 1. The topological polar surface area (TPSA) is 35.8 Å². The lowest BCUT2D eigenvalue weighted by Gasteiger charge is -2.09. The summed E-state index contributed by atoms with van der Waals surface area (Å²) < 4.78 is 27.1. The molecule has 0 aliphatic heterocycles. The van der Waals surface area contributed by atoms with E-state index in [1.165, 1.54) is 24.3 Å². The number of rotatable bonds is 2. The highest BCUT2D eigenvalue weighted by Crippen LogP contribution is 2.27. The SMILES string of the molecule is N#Cc1ccc(Nc2cc(F)ccc2Br)cc1F. The Bertz CT molecular complexity index is 635. The predicted molar refractivity (Wildman–Crippen MR) is 68.5 cm³/mol. The first-order valence-electron chi connectivity index (χ1n) is 5.02. The molecule has 0 amide bonds. The van der Waals surface area contributed by atoms with Gasteiger partial charge in [-0.15, -0.1) is 0 Å². The number of hydrogen-bond acceptors (Lipinski definition) is 2. The third-order valence-electron chi connectivity index (χ3n) is 2.30. The fourth-order valence-corrected chi connectivity index (χ4v) is 1.78. The van der Waals surface area contributed by atoms with Crippen molar-refractivity contribution in [2.45, 2.75) is 0 Å². The molecule has 1 N–H and O–H groups in total. The van der Waals surface area contributed by atoms with E-state index in [4.69, 9.17) is 5.26 Å². The van der Waals surface area contributed by atoms with Gasteiger partial charge in [0.1, 0.15) is 17.7 Å². The van der Waals surface area contributed by atoms with E-state index in [1.54, 1.807) is 18.2 Å². The Hall–Kier alpha value is -1.93. The summed E-state index contributed by atoms with van der Waals surface area (Å²) in [6.45, 7) is 0. The standard InChI is InChI=1S/C13H7BrF2N2/c14-11-4-2-9(15)5-13(11)18-10-3-1-8(7-17)12(16)6-10/h1-6,18H. The summed E-state index contributed by atoms with van der Waals surface area (Å²) in [4.78, 5) is 0. The van der Waals surface area contributed by atoms with Gasteiger partial charge in [0.2, 0.25) is 0 Å². The Kier molecular flexibility index (Phi) is 3.58. The molecule has 2 aromatic rings. The Morgan fingerprint density at radius 1 is 1.11 bits per heavy atom. The van der Waals surface area contributed by atoms with Crippen LogP contribution in [0.4, 0.5) is 20.2 Å². The van der Waals surface area contributed by atoms with Crippen LogP contribution in [0.15, 0.2) is 40.9 Å². The third-order valence-corrected chi connectivity index (χ3v) is 2.99. The van der Waals surface area contributed by atoms with Crippen molar-refractivity contribution in [3.63, 3.8) is 0 Å². The molecule has 2 nitrogen and oxygen atoms in total. The minimum atomic E-state index is -0.616. The van der Waals surface area contributed by atoms with E-state index in [0.717, 1.165) is 0 Å². The molecular weight excluding hydrogens is 302 g/mol. The molecule has 2 rings (SSSR count). The molecule has 0 saturated heterocycles. The average Bonchev–Trinajstić information content (AvgIpc) is 2.34. The zero-order valence-corrected chi connectivity index (χ0v) is 10.6. The van der Waals surface area contributed by atoms with E-state index in [0.29, 0.717) is 15.8 Å². The van der Waals surface area contributed by atoms with Crippen molar-refractivity contribution >= 4 is 27.3 Å². The van der Waals surface area contributed by atoms with Gasteiger partial charge >= 0.3 is 0 Å². The molecule has 0 unspecified atom stereocenters. The minimum Gasteiger partial charge on any atom is -0.354 e. The molecule has 0 bridgehead atoms. The average molecular weight is 309 g/mol. The fraction of sp³-hybridized carbons (Fsp3) is 0. The van der Waals surface area contributed by atoms with Crippen LogP contribution in [0, 0.1) is 23.0 Å². The predicted octanol–water partition coefficient (Wildman–Crippen LogP) is 4.34. The normalized spacial score (nSPS) is 9.89. The van der Waals surface area contributed by atoms with Gasteiger partial charge in [-0.05, 0) is 52.3 Å². The van der Waals surface area contributed by atoms with Crippen molar-refractivity contribution < 1.29 is 8.78 Å². The molecule has 0 saturated carbocycles. The molecule has 0 fully saturated rings. The van der Waals surface area contributed by atoms with Gasteiger partial charge in [-0.3, -0.25) is 0 Å². The van der Waals surface area contributed by atoms with Gasteiger partial charge in [0.15, 0.2) is 0 Å². The van der Waals surface area contributed by atoms with Gasteiger partial charge in [-0.2, -0.15) is 5.26 Å². The molecule has 18 heavy (non-hydrogen) atoms. The molecule has 0 spiro atoms. The molecule has 90 valence electrons. The summed E-state index contributed by atoms with van der Waals surface area (Å²) in [5.41, 5.74) is 0.899. The summed E-state index contributed by atoms with van der Waals surface area (Å²) in [5.74, 6) is -1.01. The zero-order chi connectivity index (χ0) is 13.1. The number of benzene rings is 2. The lowest BCUT2D eigenvalue weighted by Crippen LogP contribution is -1.94. The summed E-state index contributed by atoms with van der Waals surface area (Å²) in [6, 6.07) is 10.0. The highest BCUT2D eigenvalue weighted by molar-refractivity contribution is 9.10. The number of anilines is 2. The second-order valence-corrected chi connectivity index (χ2v) is 4.41. The summed E-state index contributed by atoms with van der Waals surface area (Å²) in [6.07, 6.45) is 0. The number of halogens is 3. The summed E-state index contributed by atoms with van der Waals surface area (Å²) in [5, 5.41) is 11.5. The van der Waals surface area contributed by atoms with Crippen LogP contribution in [-0.2, 0) is 0 Å². The quantitative estimate of drug-likeness (QED) is 0.895. The lowest BCUT2D eigenvalue weighted by atomic mass is 10.2. The van der Waals surface area contributed by atoms with E-state index in [-0.39, 0.29) is 5.56 Å². The maximum absolute atomic E-state index is 13.4. The molecule has 5 heteroatoms. The number of nitrogens with one attached hydrogen (secondary N) is 1. The van der Waals surface area contributed by atoms with Crippen LogP contribution < -0.4 is 5.32 Å². The van der Waals surface area contributed by atoms with Crippen molar-refractivity contribution in [3.05, 3.63) is 58.1 Å². The summed E-state index contributed by atoms with van der Waals surface area (Å²) >= 11 is 3.26. The van der Waals surface area contributed by atoms with Crippen molar-refractivity contribution in [2.75, 3.05) is 5.32 Å². The lowest BCUT2D eigenvalue weighted by molar-refractivity contribution is 0.624. The second kappa shape index (κ2) is 5.15. The van der Waals surface area contributed by atoms with Crippen molar-refractivity contribution in [2.24, 2.45) is 0 Å². The molecule has 0 aromatic heterocycles. The van der Waals surface area contributed by atoms with Crippen LogP contribution in [0.3, 0.4) is 0 Å². The Morgan fingerprint density at radius 3 is 2.56 bits per heavy atom. The van der Waals surface area contributed by atoms with Crippen LogP contribution in [0.2, 0.25) is 0 Å². The monoisotopic (exact) mass is 308 g/mol. The summed E-state index contributed by atoms with van der Waals surface area (Å²) in [7, 11) is 0. The first-order valence-corrected chi connectivity index (χ1v) is 5.81. The van der Waals surface area contributed by atoms with Crippen molar-refractivity contribution in [1.82, 2.24) is 0 Å². The second-order valence-electron chi connectivity index (χ2n) is 3.56. The first-order chi connectivity index (χ1) is 8.60. The number of nitriles is 1. The van der Waals surface area contributed by atoms with Gasteiger partial charge in [-0.25, -0.2) is 8.78 Å². The Balaban J connectivity index is 2.32. The van der Waals surface area contributed by atoms with Gasteiger partial charge in [0.05, 0.1) is 11.3 Å². The maximum atomic E-state index is 13.4. The van der Waals surface area contributed by atoms with Crippen LogP contribution in [0.1, 0.15) is 5.56 Å². The third kappa shape index (κ3) is 2.66. The van der Waals surface area contributed by atoms with E-state index in [2.05, 4.69) is 21.2 Å². The first kappa shape index (κ1) is 12.5. The highest BCUT2D eigenvalue weighted by atomic mass is 79.9. The number of nitrogens with zero attached hydrogens (tertiary/aromatic N) is 1. The van der Waals surface area contributed by atoms with Crippen LogP contribution in [0.25, 0.3) is 0 Å². The van der Waals surface area contributed by atoms with E-state index in [9.17, 15) is 8.78 Å². The molecule has 0 aliphatic carbocycles. The van der Waals surface area contributed by atoms with Crippen LogP contribution >= 0.6 is 15.9 Å². The van der Waals surface area contributed by atoms with Gasteiger partial charge in [0.25, 0.3) is 0 Å². The Labute approximate surface area is 111 Å². The van der Waals surface area contributed by atoms with Crippen LogP contribution in [0.5, 0.6) is 0 Å². The Morgan fingerprint density at radius 2 is 1.89 bits per heavy atom. The molecule has 2 aromatic carbocycles. The maximum Gasteiger partial charge on any atom is 0.143 e. The van der Waals surface area contributed by atoms with Gasteiger partial charge < -0.3 is 5.32 Å². The highest BCUT2D eigenvalue weighted by Gasteiger charge is 2.05. The molecule has 0 radical (unpaired) electrons. The minimum absolute atomic E-state index is 0.0288. The van der Waals surface area contributed by atoms with Crippen molar-refractivity contribution in [1.29, 1.82) is 5.26 Å². The van der Waals surface area contributed by atoms with Gasteiger partial charge in [0, 0.05) is 10.2 Å². The zero-order valence-electron chi connectivity index (χ0n) is 9.05. The van der Waals surface area contributed by atoms with Crippen LogP contribution in [-0.4, -0.2) is 0 Å². The van der Waals surface area contributed by atoms with Crippen molar-refractivity contribution in [3.8, 4) is 6.07 Å². The van der Waals surface area contributed by atoms with E-state index >= 15 is 0 Å². The van der Waals surface area contributed by atoms with Gasteiger partial charge in [-0.1, -0.05) is 0 Å². The molecule has 0 heterocycles. The molecule has 0 atom stereocenters. The fourth-order valence-electron chi connectivity index (χ4n) is 1.43. The largest absolute Gasteiger partial charge is 0.354 e.